The maximum atomic E-state index is 4.84. The summed E-state index contributed by atoms with van der Waals surface area (Å²) in [5.41, 5.74) is 4.65. The van der Waals surface area contributed by atoms with Crippen LogP contribution in [-0.2, 0) is 0 Å². The van der Waals surface area contributed by atoms with Gasteiger partial charge in [-0.05, 0) is 31.8 Å². The lowest BCUT2D eigenvalue weighted by molar-refractivity contribution is 0.736. The van der Waals surface area contributed by atoms with Gasteiger partial charge in [-0.25, -0.2) is 0 Å². The monoisotopic (exact) mass is 261 g/mol. The van der Waals surface area contributed by atoms with Gasteiger partial charge >= 0.3 is 0 Å². The van der Waals surface area contributed by atoms with Gasteiger partial charge in [0.15, 0.2) is 0 Å². The zero-order valence-corrected chi connectivity index (χ0v) is 12.7. The van der Waals surface area contributed by atoms with E-state index in [1.807, 2.05) is 6.07 Å². The van der Waals surface area contributed by atoms with Crippen LogP contribution in [0.15, 0.2) is 40.9 Å². The molecule has 0 spiro atoms. The van der Waals surface area contributed by atoms with Gasteiger partial charge in [0.05, 0.1) is 5.70 Å². The van der Waals surface area contributed by atoms with E-state index in [1.54, 1.807) is 0 Å². The minimum Gasteiger partial charge on any atom is -0.257 e. The Labute approximate surface area is 116 Å². The molecule has 0 heterocycles. The fourth-order valence-corrected chi connectivity index (χ4v) is 1.81. The topological polar surface area (TPSA) is 12.4 Å². The SMILES string of the molecule is CCC(C)C(C)=N/C(=C(\C)CS)c1ccccc1. The van der Waals surface area contributed by atoms with Crippen LogP contribution in [0.5, 0.6) is 0 Å². The van der Waals surface area contributed by atoms with Gasteiger partial charge in [-0.2, -0.15) is 12.6 Å². The highest BCUT2D eigenvalue weighted by Gasteiger charge is 2.07. The van der Waals surface area contributed by atoms with Gasteiger partial charge in [-0.15, -0.1) is 0 Å². The second kappa shape index (κ2) is 7.42. The maximum Gasteiger partial charge on any atom is 0.0698 e. The first kappa shape index (κ1) is 15.0. The third kappa shape index (κ3) is 4.02. The molecule has 1 aromatic carbocycles. The van der Waals surface area contributed by atoms with E-state index in [0.717, 1.165) is 17.9 Å². The summed E-state index contributed by atoms with van der Waals surface area (Å²) in [7, 11) is 0. The lowest BCUT2D eigenvalue weighted by atomic mass is 10.0. The molecule has 0 radical (unpaired) electrons. The van der Waals surface area contributed by atoms with Crippen LogP contribution in [0.25, 0.3) is 5.70 Å². The van der Waals surface area contributed by atoms with E-state index in [9.17, 15) is 0 Å². The molecule has 0 N–H and O–H groups in total. The predicted molar refractivity (Wildman–Crippen MR) is 85.5 cm³/mol. The molecule has 0 aliphatic rings. The third-order valence-electron chi connectivity index (χ3n) is 3.30. The van der Waals surface area contributed by atoms with Gasteiger partial charge < -0.3 is 0 Å². The van der Waals surface area contributed by atoms with Crippen molar-refractivity contribution in [3.05, 3.63) is 41.5 Å². The van der Waals surface area contributed by atoms with E-state index in [2.05, 4.69) is 64.6 Å². The maximum absolute atomic E-state index is 4.84. The predicted octanol–water partition coefficient (Wildman–Crippen LogP) is 4.85. The molecule has 0 bridgehead atoms. The molecule has 98 valence electrons. The molecule has 18 heavy (non-hydrogen) atoms. The molecule has 0 amide bonds. The molecule has 0 aromatic heterocycles. The highest BCUT2D eigenvalue weighted by molar-refractivity contribution is 7.80. The molecule has 1 atom stereocenters. The molecule has 0 aliphatic carbocycles. The van der Waals surface area contributed by atoms with Crippen molar-refractivity contribution >= 4 is 24.0 Å². The smallest absolute Gasteiger partial charge is 0.0698 e. The summed E-state index contributed by atoms with van der Waals surface area (Å²) in [6.45, 7) is 8.63. The molecule has 1 aromatic rings. The molecule has 0 aliphatic heterocycles. The van der Waals surface area contributed by atoms with Crippen LogP contribution < -0.4 is 0 Å². The van der Waals surface area contributed by atoms with Crippen LogP contribution in [0.1, 0.15) is 39.7 Å². The number of thiol groups is 1. The Hall–Kier alpha value is -1.02. The van der Waals surface area contributed by atoms with E-state index in [-0.39, 0.29) is 0 Å². The quantitative estimate of drug-likeness (QED) is 0.574. The van der Waals surface area contributed by atoms with Crippen molar-refractivity contribution in [2.45, 2.75) is 34.1 Å². The molecule has 0 fully saturated rings. The van der Waals surface area contributed by atoms with Gasteiger partial charge in [-0.3, -0.25) is 4.99 Å². The molecule has 1 nitrogen and oxygen atoms in total. The van der Waals surface area contributed by atoms with Crippen molar-refractivity contribution < 1.29 is 0 Å². The average Bonchev–Trinajstić information content (AvgIpc) is 2.43. The van der Waals surface area contributed by atoms with Crippen LogP contribution in [0.4, 0.5) is 0 Å². The molecule has 0 saturated carbocycles. The van der Waals surface area contributed by atoms with E-state index in [1.165, 1.54) is 16.8 Å². The number of nitrogens with zero attached hydrogens (tertiary/aromatic N) is 1. The Bertz CT molecular complexity index is 432. The van der Waals surface area contributed by atoms with Crippen molar-refractivity contribution in [2.24, 2.45) is 10.9 Å². The molecular weight excluding hydrogens is 238 g/mol. The first-order valence-corrected chi connectivity index (χ1v) is 7.14. The number of benzene rings is 1. The summed E-state index contributed by atoms with van der Waals surface area (Å²) in [4.78, 5) is 4.84. The lowest BCUT2D eigenvalue weighted by Gasteiger charge is -2.12. The standard InChI is InChI=1S/C16H23NS/c1-5-12(2)14(4)17-16(13(3)11-18)15-9-7-6-8-10-15/h6-10,12,18H,5,11H2,1-4H3/b16-13+,17-14?. The molecular formula is C16H23NS. The molecule has 1 unspecified atom stereocenters. The molecule has 1 rings (SSSR count). The van der Waals surface area contributed by atoms with Crippen LogP contribution in [-0.4, -0.2) is 11.5 Å². The number of hydrogen-bond donors (Lipinski definition) is 1. The fourth-order valence-electron chi connectivity index (χ4n) is 1.66. The van der Waals surface area contributed by atoms with E-state index in [0.29, 0.717) is 5.92 Å². The van der Waals surface area contributed by atoms with E-state index >= 15 is 0 Å². The van der Waals surface area contributed by atoms with Gasteiger partial charge in [0, 0.05) is 17.0 Å². The normalized spacial score (nSPS) is 15.3. The summed E-state index contributed by atoms with van der Waals surface area (Å²) in [5.74, 6) is 1.26. The van der Waals surface area contributed by atoms with Crippen molar-refractivity contribution in [1.82, 2.24) is 0 Å². The second-order valence-electron chi connectivity index (χ2n) is 4.72. The van der Waals surface area contributed by atoms with E-state index in [4.69, 9.17) is 4.99 Å². The van der Waals surface area contributed by atoms with E-state index < -0.39 is 0 Å². The molecule has 2 heteroatoms. The Morgan fingerprint density at radius 1 is 1.22 bits per heavy atom. The zero-order valence-electron chi connectivity index (χ0n) is 11.8. The van der Waals surface area contributed by atoms with Gasteiger partial charge in [0.25, 0.3) is 0 Å². The Morgan fingerprint density at radius 2 is 1.83 bits per heavy atom. The van der Waals surface area contributed by atoms with Crippen molar-refractivity contribution in [3.63, 3.8) is 0 Å². The first-order valence-electron chi connectivity index (χ1n) is 6.51. The van der Waals surface area contributed by atoms with Crippen LogP contribution in [0, 0.1) is 5.92 Å². The van der Waals surface area contributed by atoms with Crippen LogP contribution >= 0.6 is 12.6 Å². The average molecular weight is 261 g/mol. The number of rotatable bonds is 5. The van der Waals surface area contributed by atoms with Crippen molar-refractivity contribution in [1.29, 1.82) is 0 Å². The zero-order chi connectivity index (χ0) is 13.5. The van der Waals surface area contributed by atoms with Gasteiger partial charge in [-0.1, -0.05) is 44.2 Å². The highest BCUT2D eigenvalue weighted by Crippen LogP contribution is 2.22. The summed E-state index contributed by atoms with van der Waals surface area (Å²) in [6.07, 6.45) is 1.12. The Morgan fingerprint density at radius 3 is 2.33 bits per heavy atom. The van der Waals surface area contributed by atoms with Gasteiger partial charge in [0.1, 0.15) is 0 Å². The van der Waals surface area contributed by atoms with Crippen LogP contribution in [0.2, 0.25) is 0 Å². The summed E-state index contributed by atoms with van der Waals surface area (Å²) in [5, 5.41) is 0. The minimum atomic E-state index is 0.524. The summed E-state index contributed by atoms with van der Waals surface area (Å²) in [6, 6.07) is 10.3. The fraction of sp³-hybridized carbons (Fsp3) is 0.438. The summed E-state index contributed by atoms with van der Waals surface area (Å²) >= 11 is 4.38. The lowest BCUT2D eigenvalue weighted by Crippen LogP contribution is -2.06. The first-order chi connectivity index (χ1) is 8.60. The largest absolute Gasteiger partial charge is 0.257 e. The van der Waals surface area contributed by atoms with Crippen LogP contribution in [0.3, 0.4) is 0 Å². The Kier molecular flexibility index (Phi) is 6.20. The second-order valence-corrected chi connectivity index (χ2v) is 5.03. The highest BCUT2D eigenvalue weighted by atomic mass is 32.1. The Balaban J connectivity index is 3.18. The summed E-state index contributed by atoms with van der Waals surface area (Å²) < 4.78 is 0. The van der Waals surface area contributed by atoms with Gasteiger partial charge in [0.2, 0.25) is 0 Å². The van der Waals surface area contributed by atoms with Crippen molar-refractivity contribution in [3.8, 4) is 0 Å². The third-order valence-corrected chi connectivity index (χ3v) is 3.78. The number of aliphatic imine (C=N–C) groups is 1. The van der Waals surface area contributed by atoms with Crippen molar-refractivity contribution in [2.75, 3.05) is 5.75 Å². The molecule has 0 saturated heterocycles. The number of hydrogen-bond acceptors (Lipinski definition) is 2. The minimum absolute atomic E-state index is 0.524.